The van der Waals surface area contributed by atoms with E-state index in [0.29, 0.717) is 11.6 Å². The largest absolute Gasteiger partial charge is 0.379 e. The van der Waals surface area contributed by atoms with Crippen LogP contribution in [0.5, 0.6) is 0 Å². The van der Waals surface area contributed by atoms with Gasteiger partial charge < -0.3 is 14.6 Å². The van der Waals surface area contributed by atoms with Gasteiger partial charge in [0.2, 0.25) is 0 Å². The lowest BCUT2D eigenvalue weighted by Gasteiger charge is -2.25. The second kappa shape index (κ2) is 10.7. The average Bonchev–Trinajstić information content (AvgIpc) is 2.94. The molecular weight excluding hydrogens is 482 g/mol. The number of hydrogen-bond donors (Lipinski definition) is 1. The molecule has 0 bridgehead atoms. The normalized spacial score (nSPS) is 14.9. The van der Waals surface area contributed by atoms with Gasteiger partial charge in [0.25, 0.3) is 0 Å². The molecule has 3 aromatic rings. The molecular formula is C30H28ClN5O. The highest BCUT2D eigenvalue weighted by Crippen LogP contribution is 2.31. The third kappa shape index (κ3) is 5.23. The van der Waals surface area contributed by atoms with Crippen LogP contribution < -0.4 is 10.7 Å². The minimum Gasteiger partial charge on any atom is -0.379 e. The lowest BCUT2D eigenvalue weighted by Crippen LogP contribution is -2.38. The second-order valence-corrected chi connectivity index (χ2v) is 9.54. The molecule has 1 aliphatic carbocycles. The van der Waals surface area contributed by atoms with E-state index in [1.165, 1.54) is 0 Å². The lowest BCUT2D eigenvalue weighted by molar-refractivity contribution is 0.0394. The van der Waals surface area contributed by atoms with Crippen LogP contribution in [0.3, 0.4) is 0 Å². The molecule has 6 nitrogen and oxygen atoms in total. The van der Waals surface area contributed by atoms with Crippen molar-refractivity contribution >= 4 is 34.0 Å². The van der Waals surface area contributed by atoms with Crippen LogP contribution in [0.2, 0.25) is 5.02 Å². The van der Waals surface area contributed by atoms with Gasteiger partial charge in [-0.15, -0.1) is 0 Å². The quantitative estimate of drug-likeness (QED) is 0.296. The number of nitrogens with zero attached hydrogens (tertiary/aromatic N) is 4. The lowest BCUT2D eigenvalue weighted by atomic mass is 10.1. The molecule has 1 fully saturated rings. The third-order valence-corrected chi connectivity index (χ3v) is 6.86. The van der Waals surface area contributed by atoms with Gasteiger partial charge in [0, 0.05) is 36.0 Å². The Morgan fingerprint density at radius 1 is 0.892 bits per heavy atom. The van der Waals surface area contributed by atoms with Crippen molar-refractivity contribution in [3.05, 3.63) is 101 Å². The van der Waals surface area contributed by atoms with E-state index in [-0.39, 0.29) is 0 Å². The Morgan fingerprint density at radius 2 is 1.65 bits per heavy atom. The summed E-state index contributed by atoms with van der Waals surface area (Å²) in [4.78, 5) is 12.5. The van der Waals surface area contributed by atoms with Crippen LogP contribution in [0.1, 0.15) is 0 Å². The molecule has 1 saturated heterocycles. The van der Waals surface area contributed by atoms with E-state index < -0.39 is 0 Å². The zero-order valence-corrected chi connectivity index (χ0v) is 21.2. The molecule has 0 unspecified atom stereocenters. The number of fused-ring (bicyclic) bond motifs is 2. The maximum atomic E-state index is 6.36. The Labute approximate surface area is 221 Å². The maximum absolute atomic E-state index is 6.36. The van der Waals surface area contributed by atoms with Gasteiger partial charge in [-0.25, -0.2) is 4.98 Å². The van der Waals surface area contributed by atoms with Crippen molar-refractivity contribution in [2.75, 3.05) is 44.7 Å². The first kappa shape index (κ1) is 23.7. The van der Waals surface area contributed by atoms with Gasteiger partial charge in [-0.05, 0) is 54.6 Å². The molecule has 6 rings (SSSR count). The molecule has 3 aromatic carbocycles. The van der Waals surface area contributed by atoms with Gasteiger partial charge in [0.15, 0.2) is 0 Å². The Hall–Kier alpha value is -3.71. The van der Waals surface area contributed by atoms with E-state index in [0.717, 1.165) is 77.7 Å². The number of nitrogens with one attached hydrogen (secondary N) is 1. The summed E-state index contributed by atoms with van der Waals surface area (Å²) >= 11 is 6.36. The van der Waals surface area contributed by atoms with Crippen molar-refractivity contribution in [3.63, 3.8) is 0 Å². The summed E-state index contributed by atoms with van der Waals surface area (Å²) in [5.41, 5.74) is 6.68. The predicted octanol–water partition coefficient (Wildman–Crippen LogP) is 5.76. The van der Waals surface area contributed by atoms with Crippen LogP contribution in [0.25, 0.3) is 28.1 Å². The number of rotatable bonds is 6. The van der Waals surface area contributed by atoms with E-state index in [2.05, 4.69) is 63.3 Å². The number of para-hydroxylation sites is 2. The van der Waals surface area contributed by atoms with Crippen molar-refractivity contribution < 1.29 is 4.74 Å². The van der Waals surface area contributed by atoms with Gasteiger partial charge >= 0.3 is 0 Å². The van der Waals surface area contributed by atoms with Crippen molar-refractivity contribution in [1.82, 2.24) is 14.5 Å². The molecule has 3 aliphatic rings. The summed E-state index contributed by atoms with van der Waals surface area (Å²) in [6.07, 6.45) is 0. The minimum atomic E-state index is 0.663. The summed E-state index contributed by atoms with van der Waals surface area (Å²) in [6.45, 7) is 5.09. The summed E-state index contributed by atoms with van der Waals surface area (Å²) in [7, 11) is 0. The zero-order chi connectivity index (χ0) is 25.0. The van der Waals surface area contributed by atoms with E-state index in [9.17, 15) is 0 Å². The zero-order valence-electron chi connectivity index (χ0n) is 20.5. The van der Waals surface area contributed by atoms with Crippen LogP contribution >= 0.6 is 11.6 Å². The Kier molecular flexibility index (Phi) is 6.86. The predicted molar refractivity (Wildman–Crippen MR) is 150 cm³/mol. The first-order valence-electron chi connectivity index (χ1n) is 12.6. The van der Waals surface area contributed by atoms with Crippen molar-refractivity contribution in [2.45, 2.75) is 0 Å². The van der Waals surface area contributed by atoms with E-state index in [1.54, 1.807) is 0 Å². The highest BCUT2D eigenvalue weighted by atomic mass is 35.5. The highest BCUT2D eigenvalue weighted by Gasteiger charge is 2.17. The first-order valence-corrected chi connectivity index (χ1v) is 13.0. The number of anilines is 2. The summed E-state index contributed by atoms with van der Waals surface area (Å²) < 4.78 is 7.73. The molecule has 186 valence electrons. The smallest absolute Gasteiger partial charge is 0.0900 e. The van der Waals surface area contributed by atoms with Gasteiger partial charge in [0.05, 0.1) is 53.2 Å². The summed E-state index contributed by atoms with van der Waals surface area (Å²) in [6, 6.07) is 30.6. The van der Waals surface area contributed by atoms with Crippen LogP contribution in [-0.2, 0) is 4.74 Å². The second-order valence-electron chi connectivity index (χ2n) is 9.10. The van der Waals surface area contributed by atoms with Gasteiger partial charge in [-0.1, -0.05) is 48.0 Å². The van der Waals surface area contributed by atoms with E-state index in [1.807, 2.05) is 42.5 Å². The number of aromatic nitrogens is 2. The van der Waals surface area contributed by atoms with Crippen molar-refractivity contribution in [2.24, 2.45) is 4.99 Å². The van der Waals surface area contributed by atoms with Crippen LogP contribution in [-0.4, -0.2) is 53.8 Å². The number of benzene rings is 4. The van der Waals surface area contributed by atoms with Crippen LogP contribution in [0.15, 0.2) is 96.0 Å². The number of hydrogen-bond acceptors (Lipinski definition) is 5. The molecule has 7 heteroatoms. The molecule has 0 atom stereocenters. The Balaban J connectivity index is 1.53. The van der Waals surface area contributed by atoms with Crippen molar-refractivity contribution in [3.8, 4) is 17.1 Å². The van der Waals surface area contributed by atoms with Crippen LogP contribution in [0, 0.1) is 0 Å². The fourth-order valence-corrected chi connectivity index (χ4v) is 4.94. The molecule has 0 saturated carbocycles. The molecule has 2 aliphatic heterocycles. The first-order chi connectivity index (χ1) is 18.2. The van der Waals surface area contributed by atoms with Gasteiger partial charge in [0.1, 0.15) is 0 Å². The molecule has 2 heterocycles. The number of ether oxygens (including phenoxy) is 1. The number of halogens is 1. The topological polar surface area (TPSA) is 54.7 Å². The Morgan fingerprint density at radius 3 is 2.43 bits per heavy atom. The summed E-state index contributed by atoms with van der Waals surface area (Å²) in [5, 5.41) is 5.14. The fourth-order valence-electron chi connectivity index (χ4n) is 4.77. The Bertz CT molecular complexity index is 1550. The molecule has 0 amide bonds. The maximum Gasteiger partial charge on any atom is 0.0900 e. The average molecular weight is 510 g/mol. The van der Waals surface area contributed by atoms with Crippen LogP contribution in [0.4, 0.5) is 11.4 Å². The van der Waals surface area contributed by atoms with Gasteiger partial charge in [-0.2, -0.15) is 0 Å². The minimum absolute atomic E-state index is 0.663. The molecule has 0 radical (unpaired) electrons. The third-order valence-electron chi connectivity index (χ3n) is 6.62. The number of morpholine rings is 1. The van der Waals surface area contributed by atoms with Gasteiger partial charge in [-0.3, -0.25) is 9.89 Å². The highest BCUT2D eigenvalue weighted by molar-refractivity contribution is 6.31. The molecule has 0 spiro atoms. The van der Waals surface area contributed by atoms with Crippen molar-refractivity contribution in [1.29, 1.82) is 0 Å². The standard InChI is InChI=1S/C30H28ClN5O/c31-22-11-12-29-27(19-22)34-28-20-26(33-23-7-3-1-4-8-23)25(32-13-14-35-15-17-37-18-16-35)21-30(28)36(29)24-9-5-2-6-10-24/h1-12,19-21,33H,13-18H2. The summed E-state index contributed by atoms with van der Waals surface area (Å²) in [5.74, 6) is 0. The monoisotopic (exact) mass is 509 g/mol. The SMILES string of the molecule is Clc1ccc2c(c1)nc1cc(Nc3ccccc3)c(=NCCN3CCOCC3)cc-1n2-c1ccccc1. The molecule has 37 heavy (non-hydrogen) atoms. The van der Waals surface area contributed by atoms with E-state index in [4.69, 9.17) is 26.3 Å². The van der Waals surface area contributed by atoms with E-state index >= 15 is 0 Å². The molecule has 1 N–H and O–H groups in total. The fraction of sp³-hybridized carbons (Fsp3) is 0.200. The molecule has 0 aromatic heterocycles.